The van der Waals surface area contributed by atoms with Gasteiger partial charge in [0.1, 0.15) is 11.4 Å². The number of halogens is 2. The Hall–Kier alpha value is -3.22. The van der Waals surface area contributed by atoms with E-state index in [9.17, 15) is 18.4 Å². The maximum Gasteiger partial charge on any atom is 2.00 e. The predicted octanol–water partition coefficient (Wildman–Crippen LogP) is 4.44. The SMILES string of the molecule is C(#CC1CC1)c1nn[c-]s1.COc1cnc(C(F)F)cc1-c1cc(C2CC2C(=O)N(C)C)ccc1[C-]=O.[Ni+2]. The van der Waals surface area contributed by atoms with Crippen molar-refractivity contribution in [1.82, 2.24) is 20.1 Å². The van der Waals surface area contributed by atoms with Crippen molar-refractivity contribution in [3.63, 3.8) is 0 Å². The summed E-state index contributed by atoms with van der Waals surface area (Å²) >= 11 is 1.37. The second-order valence-corrected chi connectivity index (χ2v) is 9.71. The van der Waals surface area contributed by atoms with E-state index in [4.69, 9.17) is 4.74 Å². The molecule has 0 bridgehead atoms. The summed E-state index contributed by atoms with van der Waals surface area (Å²) in [6, 6.07) is 6.34. The summed E-state index contributed by atoms with van der Waals surface area (Å²) in [7, 11) is 4.83. The van der Waals surface area contributed by atoms with Gasteiger partial charge in [-0.15, -0.1) is 35.1 Å². The van der Waals surface area contributed by atoms with E-state index in [2.05, 4.69) is 32.5 Å². The Morgan fingerprint density at radius 3 is 2.61 bits per heavy atom. The molecular weight excluding hydrogens is 557 g/mol. The Morgan fingerprint density at radius 2 is 2.03 bits per heavy atom. The number of aromatic nitrogens is 3. The van der Waals surface area contributed by atoms with E-state index >= 15 is 0 Å². The van der Waals surface area contributed by atoms with Crippen molar-refractivity contribution in [2.75, 3.05) is 21.2 Å². The normalized spacial score (nSPS) is 17.2. The van der Waals surface area contributed by atoms with Gasteiger partial charge in [-0.2, -0.15) is 6.07 Å². The van der Waals surface area contributed by atoms with Gasteiger partial charge >= 0.3 is 16.5 Å². The fourth-order valence-electron chi connectivity index (χ4n) is 3.82. The summed E-state index contributed by atoms with van der Waals surface area (Å²) in [5.74, 6) is 6.96. The van der Waals surface area contributed by atoms with Gasteiger partial charge in [-0.1, -0.05) is 11.1 Å². The fraction of sp³-hybridized carbons (Fsp3) is 0.370. The largest absolute Gasteiger partial charge is 2.00 e. The van der Waals surface area contributed by atoms with E-state index in [0.29, 0.717) is 17.0 Å². The fourth-order valence-corrected chi connectivity index (χ4v) is 4.18. The summed E-state index contributed by atoms with van der Waals surface area (Å²) in [5, 5.41) is 8.10. The Morgan fingerprint density at radius 1 is 1.26 bits per heavy atom. The molecule has 1 amide bonds. The Bertz CT molecular complexity index is 1340. The van der Waals surface area contributed by atoms with Crippen LogP contribution in [0.5, 0.6) is 5.75 Å². The molecule has 2 saturated carbocycles. The monoisotopic (exact) mass is 580 g/mol. The number of amides is 1. The minimum Gasteiger partial charge on any atom is -0.496 e. The molecule has 7 nitrogen and oxygen atoms in total. The van der Waals surface area contributed by atoms with E-state index in [1.165, 1.54) is 43.6 Å². The van der Waals surface area contributed by atoms with Crippen LogP contribution in [0.15, 0.2) is 30.5 Å². The maximum atomic E-state index is 13.1. The molecule has 2 aromatic heterocycles. The molecule has 0 radical (unpaired) electrons. The number of carbonyl (C=O) groups is 1. The number of alkyl halides is 2. The van der Waals surface area contributed by atoms with Crippen LogP contribution in [-0.4, -0.2) is 53.5 Å². The summed E-state index contributed by atoms with van der Waals surface area (Å²) in [6.07, 6.45) is 3.55. The molecule has 2 aliphatic carbocycles. The van der Waals surface area contributed by atoms with Crippen molar-refractivity contribution < 1.29 is 39.6 Å². The van der Waals surface area contributed by atoms with Crippen LogP contribution in [0.25, 0.3) is 11.1 Å². The number of benzene rings is 1. The van der Waals surface area contributed by atoms with Crippen molar-refractivity contribution in [3.05, 3.63) is 57.8 Å². The average Bonchev–Trinajstić information content (AvgIpc) is 3.84. The van der Waals surface area contributed by atoms with Crippen molar-refractivity contribution in [2.45, 2.75) is 31.6 Å². The molecule has 5 rings (SSSR count). The number of rotatable bonds is 6. The zero-order chi connectivity index (χ0) is 26.5. The van der Waals surface area contributed by atoms with Crippen molar-refractivity contribution in [2.24, 2.45) is 11.8 Å². The van der Waals surface area contributed by atoms with Gasteiger partial charge in [0.05, 0.1) is 19.6 Å². The first-order chi connectivity index (χ1) is 17.8. The molecule has 0 saturated heterocycles. The van der Waals surface area contributed by atoms with E-state index < -0.39 is 12.1 Å². The molecule has 11 heteroatoms. The second kappa shape index (κ2) is 13.0. The van der Waals surface area contributed by atoms with Gasteiger partial charge in [0.2, 0.25) is 5.91 Å². The molecule has 2 fully saturated rings. The standard InChI is InChI=1S/C20H19F2N2O3.C7H5N2S.Ni/c1-24(2)20(26)16-7-14(16)11-4-5-12(10-25)13(6-11)15-8-17(19(21)22)23-9-18(15)27-3;1-2-6(1)3-4-7-9-8-5-10-7;/h4-6,8-9,14,16,19H,7H2,1-3H3;6H,1-2H2;/q2*-1;+2. The zero-order valence-electron chi connectivity index (χ0n) is 20.8. The van der Waals surface area contributed by atoms with Crippen LogP contribution in [0.3, 0.4) is 0 Å². The molecule has 0 aliphatic heterocycles. The molecule has 1 aromatic carbocycles. The van der Waals surface area contributed by atoms with E-state index in [1.807, 2.05) is 6.29 Å². The first kappa shape index (κ1) is 29.3. The van der Waals surface area contributed by atoms with E-state index in [1.54, 1.807) is 37.2 Å². The molecular formula is C27H24F2N4NiO3S. The smallest absolute Gasteiger partial charge is 0.496 e. The summed E-state index contributed by atoms with van der Waals surface area (Å²) in [5.41, 5.74) is 4.14. The maximum absolute atomic E-state index is 13.1. The number of carbonyl (C=O) groups excluding carboxylic acids is 2. The second-order valence-electron chi connectivity index (χ2n) is 8.94. The van der Waals surface area contributed by atoms with E-state index in [0.717, 1.165) is 17.0 Å². The van der Waals surface area contributed by atoms with Gasteiger partial charge < -0.3 is 25.8 Å². The van der Waals surface area contributed by atoms with Gasteiger partial charge in [-0.05, 0) is 36.8 Å². The van der Waals surface area contributed by atoms with Crippen molar-refractivity contribution >= 4 is 23.5 Å². The first-order valence-corrected chi connectivity index (χ1v) is 12.4. The van der Waals surface area contributed by atoms with Crippen LogP contribution in [-0.2, 0) is 26.1 Å². The van der Waals surface area contributed by atoms with Crippen LogP contribution < -0.4 is 4.74 Å². The molecule has 2 heterocycles. The van der Waals surface area contributed by atoms with Crippen LogP contribution >= 0.6 is 11.3 Å². The summed E-state index contributed by atoms with van der Waals surface area (Å²) < 4.78 is 31.4. The quantitative estimate of drug-likeness (QED) is 0.243. The third-order valence-electron chi connectivity index (χ3n) is 6.04. The third-order valence-corrected chi connectivity index (χ3v) is 6.59. The number of methoxy groups -OCH3 is 1. The molecule has 200 valence electrons. The van der Waals surface area contributed by atoms with Crippen LogP contribution in [0.1, 0.15) is 53.4 Å². The van der Waals surface area contributed by atoms with Gasteiger partial charge in [0.15, 0.2) is 0 Å². The first-order valence-electron chi connectivity index (χ1n) is 11.6. The van der Waals surface area contributed by atoms with Gasteiger partial charge in [-0.3, -0.25) is 14.9 Å². The summed E-state index contributed by atoms with van der Waals surface area (Å²) in [6.45, 7) is 0. The van der Waals surface area contributed by atoms with Gasteiger partial charge in [0, 0.05) is 30.9 Å². The molecule has 3 aromatic rings. The van der Waals surface area contributed by atoms with Crippen LogP contribution in [0.4, 0.5) is 8.78 Å². The molecule has 2 unspecified atom stereocenters. The molecule has 0 N–H and O–H groups in total. The molecule has 38 heavy (non-hydrogen) atoms. The molecule has 2 atom stereocenters. The third kappa shape index (κ3) is 7.21. The van der Waals surface area contributed by atoms with Crippen molar-refractivity contribution in [1.29, 1.82) is 0 Å². The number of hydrogen-bond donors (Lipinski definition) is 0. The molecule has 2 aliphatic rings. The number of pyridine rings is 1. The number of hydrogen-bond acceptors (Lipinski definition) is 7. The Labute approximate surface area is 233 Å². The Kier molecular flexibility index (Phi) is 10.1. The van der Waals surface area contributed by atoms with Gasteiger partial charge in [0.25, 0.3) is 6.43 Å². The average molecular weight is 581 g/mol. The van der Waals surface area contributed by atoms with E-state index in [-0.39, 0.29) is 45.5 Å². The zero-order valence-corrected chi connectivity index (χ0v) is 22.6. The molecule has 0 spiro atoms. The minimum absolute atomic E-state index is 0. The topological polar surface area (TPSA) is 85.3 Å². The summed E-state index contributed by atoms with van der Waals surface area (Å²) in [4.78, 5) is 28.8. The predicted molar refractivity (Wildman–Crippen MR) is 134 cm³/mol. The Balaban J connectivity index is 0.000000303. The number of nitrogens with zero attached hydrogens (tertiary/aromatic N) is 4. The van der Waals surface area contributed by atoms with Gasteiger partial charge in [-0.25, -0.2) is 13.9 Å². The van der Waals surface area contributed by atoms with Crippen molar-refractivity contribution in [3.8, 4) is 28.7 Å². The minimum atomic E-state index is -2.74. The number of ether oxygens (including phenoxy) is 1. The van der Waals surface area contributed by atoms with Crippen LogP contribution in [0.2, 0.25) is 0 Å². The van der Waals surface area contributed by atoms with Crippen LogP contribution in [0, 0.1) is 29.2 Å².